The molecule has 0 bridgehead atoms. The van der Waals surface area contributed by atoms with E-state index in [2.05, 4.69) is 32.5 Å². The summed E-state index contributed by atoms with van der Waals surface area (Å²) in [4.78, 5) is 8.82. The SMILES string of the molecule is CNC(C)Cc1noc(-c2nc(-c3cnn(C)c3)oc2C)n1.Cl. The summed E-state index contributed by atoms with van der Waals surface area (Å²) in [6.07, 6.45) is 4.22. The van der Waals surface area contributed by atoms with Crippen LogP contribution in [0.25, 0.3) is 23.0 Å². The van der Waals surface area contributed by atoms with Gasteiger partial charge in [0.1, 0.15) is 5.76 Å². The number of aromatic nitrogens is 5. The summed E-state index contributed by atoms with van der Waals surface area (Å²) in [6, 6.07) is 0.273. The Balaban J connectivity index is 0.00000192. The molecular weight excluding hydrogens is 320 g/mol. The van der Waals surface area contributed by atoms with Gasteiger partial charge in [-0.3, -0.25) is 4.68 Å². The quantitative estimate of drug-likeness (QED) is 0.760. The highest BCUT2D eigenvalue weighted by atomic mass is 35.5. The van der Waals surface area contributed by atoms with Crippen molar-refractivity contribution in [1.29, 1.82) is 0 Å². The summed E-state index contributed by atoms with van der Waals surface area (Å²) in [5.41, 5.74) is 1.37. The number of hydrogen-bond donors (Lipinski definition) is 1. The van der Waals surface area contributed by atoms with Crippen LogP contribution >= 0.6 is 12.4 Å². The van der Waals surface area contributed by atoms with Gasteiger partial charge in [0.05, 0.1) is 11.8 Å². The molecule has 0 radical (unpaired) electrons. The van der Waals surface area contributed by atoms with Crippen LogP contribution < -0.4 is 5.32 Å². The molecule has 0 saturated heterocycles. The summed E-state index contributed by atoms with van der Waals surface area (Å²) < 4.78 is 12.7. The predicted molar refractivity (Wildman–Crippen MR) is 86.2 cm³/mol. The van der Waals surface area contributed by atoms with E-state index >= 15 is 0 Å². The van der Waals surface area contributed by atoms with Crippen molar-refractivity contribution in [2.75, 3.05) is 7.05 Å². The normalized spacial score (nSPS) is 12.2. The highest BCUT2D eigenvalue weighted by molar-refractivity contribution is 5.85. The van der Waals surface area contributed by atoms with Crippen LogP contribution in [0.5, 0.6) is 0 Å². The Hall–Kier alpha value is -2.19. The molecule has 3 aromatic rings. The molecule has 0 fully saturated rings. The predicted octanol–water partition coefficient (Wildman–Crippen LogP) is 2.01. The van der Waals surface area contributed by atoms with E-state index in [4.69, 9.17) is 8.94 Å². The number of hydrogen-bond acceptors (Lipinski definition) is 7. The summed E-state index contributed by atoms with van der Waals surface area (Å²) in [5, 5.41) is 11.2. The molecule has 1 N–H and O–H groups in total. The molecule has 3 aromatic heterocycles. The van der Waals surface area contributed by atoms with Gasteiger partial charge in [-0.1, -0.05) is 5.16 Å². The van der Waals surface area contributed by atoms with E-state index in [1.54, 1.807) is 10.9 Å². The molecule has 8 nitrogen and oxygen atoms in total. The second-order valence-electron chi connectivity index (χ2n) is 5.24. The minimum absolute atomic E-state index is 0. The van der Waals surface area contributed by atoms with Gasteiger partial charge in [-0.2, -0.15) is 10.1 Å². The summed E-state index contributed by atoms with van der Waals surface area (Å²) >= 11 is 0. The molecular formula is C14H19ClN6O2. The van der Waals surface area contributed by atoms with Crippen LogP contribution in [0.1, 0.15) is 18.5 Å². The lowest BCUT2D eigenvalue weighted by Gasteiger charge is -2.04. The van der Waals surface area contributed by atoms with Crippen molar-refractivity contribution in [3.63, 3.8) is 0 Å². The molecule has 0 aliphatic carbocycles. The Morgan fingerprint density at radius 2 is 2.09 bits per heavy atom. The fourth-order valence-corrected chi connectivity index (χ4v) is 2.06. The van der Waals surface area contributed by atoms with Crippen LogP contribution in [-0.2, 0) is 13.5 Å². The summed E-state index contributed by atoms with van der Waals surface area (Å²) in [6.45, 7) is 3.88. The van der Waals surface area contributed by atoms with E-state index in [1.165, 1.54) is 0 Å². The minimum Gasteiger partial charge on any atom is -0.440 e. The van der Waals surface area contributed by atoms with Crippen LogP contribution in [-0.4, -0.2) is 38.0 Å². The average molecular weight is 339 g/mol. The highest BCUT2D eigenvalue weighted by Gasteiger charge is 2.20. The van der Waals surface area contributed by atoms with E-state index in [9.17, 15) is 0 Å². The van der Waals surface area contributed by atoms with Gasteiger partial charge in [0.25, 0.3) is 5.89 Å². The largest absolute Gasteiger partial charge is 0.440 e. The van der Waals surface area contributed by atoms with Crippen molar-refractivity contribution in [2.45, 2.75) is 26.3 Å². The standard InChI is InChI=1S/C14H18N6O2.ClH/c1-8(15-3)5-11-17-14(22-19-11)12-9(2)21-13(18-12)10-6-16-20(4)7-10;/h6-8,15H,5H2,1-4H3;1H. The topological polar surface area (TPSA) is 94.8 Å². The number of aryl methyl sites for hydroxylation is 2. The lowest BCUT2D eigenvalue weighted by molar-refractivity contribution is 0.416. The fourth-order valence-electron chi connectivity index (χ4n) is 2.06. The first kappa shape index (κ1) is 17.2. The molecule has 0 saturated carbocycles. The van der Waals surface area contributed by atoms with Crippen molar-refractivity contribution < 1.29 is 8.94 Å². The van der Waals surface area contributed by atoms with Gasteiger partial charge in [0.15, 0.2) is 11.5 Å². The van der Waals surface area contributed by atoms with E-state index in [0.29, 0.717) is 35.5 Å². The van der Waals surface area contributed by atoms with Gasteiger partial charge >= 0.3 is 0 Å². The molecule has 0 aliphatic rings. The first-order valence-corrected chi connectivity index (χ1v) is 7.03. The Morgan fingerprint density at radius 1 is 1.30 bits per heavy atom. The molecule has 124 valence electrons. The lowest BCUT2D eigenvalue weighted by Crippen LogP contribution is -2.24. The van der Waals surface area contributed by atoms with Gasteiger partial charge in [-0.25, -0.2) is 4.98 Å². The van der Waals surface area contributed by atoms with Gasteiger partial charge in [0.2, 0.25) is 5.89 Å². The van der Waals surface area contributed by atoms with E-state index in [1.807, 2.05) is 27.2 Å². The molecule has 0 aromatic carbocycles. The molecule has 0 spiro atoms. The number of oxazole rings is 1. The molecule has 1 atom stereocenters. The smallest absolute Gasteiger partial charge is 0.280 e. The van der Waals surface area contributed by atoms with E-state index in [0.717, 1.165) is 5.56 Å². The lowest BCUT2D eigenvalue weighted by atomic mass is 10.2. The Labute approximate surface area is 139 Å². The maximum absolute atomic E-state index is 5.68. The zero-order valence-corrected chi connectivity index (χ0v) is 14.2. The maximum Gasteiger partial charge on any atom is 0.280 e. The number of halogens is 1. The van der Waals surface area contributed by atoms with Crippen molar-refractivity contribution in [3.8, 4) is 23.0 Å². The molecule has 9 heteroatoms. The third-order valence-corrected chi connectivity index (χ3v) is 3.40. The average Bonchev–Trinajstić information content (AvgIpc) is 3.19. The third kappa shape index (κ3) is 3.59. The number of nitrogens with zero attached hydrogens (tertiary/aromatic N) is 5. The summed E-state index contributed by atoms with van der Waals surface area (Å²) in [7, 11) is 3.74. The molecule has 3 rings (SSSR count). The van der Waals surface area contributed by atoms with E-state index in [-0.39, 0.29) is 18.4 Å². The molecule has 23 heavy (non-hydrogen) atoms. The van der Waals surface area contributed by atoms with Crippen LogP contribution in [0.15, 0.2) is 21.3 Å². The number of rotatable bonds is 5. The van der Waals surface area contributed by atoms with Crippen LogP contribution in [0, 0.1) is 6.92 Å². The molecule has 0 aliphatic heterocycles. The van der Waals surface area contributed by atoms with Crippen LogP contribution in [0.3, 0.4) is 0 Å². The highest BCUT2D eigenvalue weighted by Crippen LogP contribution is 2.27. The Kier molecular flexibility index (Phi) is 5.17. The molecule has 0 amide bonds. The van der Waals surface area contributed by atoms with Gasteiger partial charge in [-0.05, 0) is 20.9 Å². The monoisotopic (exact) mass is 338 g/mol. The Morgan fingerprint density at radius 3 is 2.74 bits per heavy atom. The number of likely N-dealkylation sites (N-methyl/N-ethyl adjacent to an activating group) is 1. The fraction of sp³-hybridized carbons (Fsp3) is 0.429. The zero-order valence-electron chi connectivity index (χ0n) is 13.4. The van der Waals surface area contributed by atoms with Gasteiger partial charge < -0.3 is 14.3 Å². The van der Waals surface area contributed by atoms with Gasteiger partial charge in [0, 0.05) is 25.7 Å². The van der Waals surface area contributed by atoms with E-state index < -0.39 is 0 Å². The van der Waals surface area contributed by atoms with Gasteiger partial charge in [-0.15, -0.1) is 12.4 Å². The second kappa shape index (κ2) is 6.93. The Bertz CT molecular complexity index is 778. The van der Waals surface area contributed by atoms with Crippen LogP contribution in [0.4, 0.5) is 0 Å². The van der Waals surface area contributed by atoms with Crippen molar-refractivity contribution in [1.82, 2.24) is 30.2 Å². The first-order valence-electron chi connectivity index (χ1n) is 7.03. The maximum atomic E-state index is 5.68. The third-order valence-electron chi connectivity index (χ3n) is 3.40. The second-order valence-corrected chi connectivity index (χ2v) is 5.24. The van der Waals surface area contributed by atoms with Crippen LogP contribution in [0.2, 0.25) is 0 Å². The summed E-state index contributed by atoms with van der Waals surface area (Å²) in [5.74, 6) is 2.14. The van der Waals surface area contributed by atoms with Crippen molar-refractivity contribution in [3.05, 3.63) is 24.0 Å². The zero-order chi connectivity index (χ0) is 15.7. The van der Waals surface area contributed by atoms with Crippen molar-refractivity contribution in [2.24, 2.45) is 7.05 Å². The first-order chi connectivity index (χ1) is 10.6. The minimum atomic E-state index is 0. The number of nitrogens with one attached hydrogen (secondary N) is 1. The molecule has 3 heterocycles. The molecule has 1 unspecified atom stereocenters. The van der Waals surface area contributed by atoms with Crippen molar-refractivity contribution >= 4 is 12.4 Å².